The van der Waals surface area contributed by atoms with Crippen molar-refractivity contribution in [1.82, 2.24) is 25.4 Å². The number of hydrogen-bond acceptors (Lipinski definition) is 3. The Kier molecular flexibility index (Phi) is 8.62. The first kappa shape index (κ1) is 29.2. The maximum atomic E-state index is 13.5. The molecule has 1 aliphatic rings. The van der Waals surface area contributed by atoms with Crippen LogP contribution in [-0.4, -0.2) is 72.5 Å². The Morgan fingerprint density at radius 3 is 2.33 bits per heavy atom. The van der Waals surface area contributed by atoms with Gasteiger partial charge in [0.2, 0.25) is 0 Å². The number of carbonyl (C=O) groups excluding carboxylic acids is 2. The third-order valence-corrected chi connectivity index (χ3v) is 6.96. The van der Waals surface area contributed by atoms with Crippen molar-refractivity contribution in [2.75, 3.05) is 39.8 Å². The highest BCUT2D eigenvalue weighted by Crippen LogP contribution is 2.37. The Balaban J connectivity index is 1.61. The minimum absolute atomic E-state index is 0.0188. The van der Waals surface area contributed by atoms with Gasteiger partial charge in [-0.3, -0.25) is 9.69 Å². The molecular formula is C27H29F6N5O2. The van der Waals surface area contributed by atoms with E-state index in [4.69, 9.17) is 0 Å². The maximum Gasteiger partial charge on any atom is 0.416 e. The lowest BCUT2D eigenvalue weighted by Crippen LogP contribution is -2.56. The van der Waals surface area contributed by atoms with E-state index in [0.717, 1.165) is 16.5 Å². The number of halogens is 6. The Bertz CT molecular complexity index is 1320. The fourth-order valence-corrected chi connectivity index (χ4v) is 4.96. The molecule has 0 spiro atoms. The Labute approximate surface area is 226 Å². The van der Waals surface area contributed by atoms with E-state index in [9.17, 15) is 35.9 Å². The summed E-state index contributed by atoms with van der Waals surface area (Å²) in [4.78, 5) is 31.5. The van der Waals surface area contributed by atoms with Gasteiger partial charge in [-0.2, -0.15) is 26.3 Å². The van der Waals surface area contributed by atoms with Gasteiger partial charge < -0.3 is 20.5 Å². The SMILES string of the molecule is CNC(=O)NCCCN1CCN(C(=O)c2cc(C(F)(F)F)cc(C(F)(F)F)c2)C(Cc2c[nH]c3ccccc23)C1. The standard InChI is InChI=1S/C27H29F6N5O2/c1-34-25(40)35-7-4-8-37-9-10-38(21(16-37)13-18-15-36-23-6-3-2-5-22(18)23)24(39)17-11-19(26(28,29)30)14-20(12-17)27(31,32)33/h2-3,5-6,11-12,14-15,21,36H,4,7-10,13,16H2,1H3,(H2,34,35,40). The second kappa shape index (κ2) is 11.8. The second-order valence-electron chi connectivity index (χ2n) is 9.67. The quantitative estimate of drug-likeness (QED) is 0.280. The highest BCUT2D eigenvalue weighted by atomic mass is 19.4. The number of nitrogens with zero attached hydrogens (tertiary/aromatic N) is 2. The van der Waals surface area contributed by atoms with Crippen molar-refractivity contribution in [3.63, 3.8) is 0 Å². The number of rotatable bonds is 7. The van der Waals surface area contributed by atoms with E-state index < -0.39 is 41.0 Å². The lowest BCUT2D eigenvalue weighted by atomic mass is 9.98. The van der Waals surface area contributed by atoms with Gasteiger partial charge >= 0.3 is 18.4 Å². The number of urea groups is 1. The number of hydrogen-bond donors (Lipinski definition) is 3. The molecule has 0 radical (unpaired) electrons. The minimum Gasteiger partial charge on any atom is -0.361 e. The molecule has 0 aliphatic carbocycles. The van der Waals surface area contributed by atoms with Crippen LogP contribution in [0.1, 0.15) is 33.5 Å². The largest absolute Gasteiger partial charge is 0.416 e. The zero-order chi connectivity index (χ0) is 29.1. The molecule has 1 fully saturated rings. The molecule has 3 N–H and O–H groups in total. The molecule has 1 atom stereocenters. The Morgan fingerprint density at radius 1 is 1.00 bits per heavy atom. The van der Waals surface area contributed by atoms with Crippen LogP contribution in [0.3, 0.4) is 0 Å². The fourth-order valence-electron chi connectivity index (χ4n) is 4.96. The molecule has 3 aromatic rings. The van der Waals surface area contributed by atoms with E-state index in [0.29, 0.717) is 51.2 Å². The molecule has 4 rings (SSSR count). The number of benzene rings is 2. The molecular weight excluding hydrogens is 540 g/mol. The van der Waals surface area contributed by atoms with E-state index in [1.165, 1.54) is 11.9 Å². The van der Waals surface area contributed by atoms with Crippen LogP contribution in [0.2, 0.25) is 0 Å². The number of carbonyl (C=O) groups is 2. The number of piperazine rings is 1. The number of amides is 3. The molecule has 0 saturated carbocycles. The number of fused-ring (bicyclic) bond motifs is 1. The van der Waals surface area contributed by atoms with Gasteiger partial charge in [-0.05, 0) is 49.2 Å². The van der Waals surface area contributed by atoms with Crippen LogP contribution in [0.25, 0.3) is 10.9 Å². The number of nitrogens with one attached hydrogen (secondary N) is 3. The van der Waals surface area contributed by atoms with Gasteiger partial charge in [-0.25, -0.2) is 4.79 Å². The number of aromatic amines is 1. The van der Waals surface area contributed by atoms with Crippen LogP contribution in [0, 0.1) is 0 Å². The van der Waals surface area contributed by atoms with Crippen LogP contribution in [0.15, 0.2) is 48.7 Å². The van der Waals surface area contributed by atoms with Crippen LogP contribution < -0.4 is 10.6 Å². The molecule has 0 bridgehead atoms. The number of aromatic nitrogens is 1. The van der Waals surface area contributed by atoms with Crippen molar-refractivity contribution < 1.29 is 35.9 Å². The lowest BCUT2D eigenvalue weighted by Gasteiger charge is -2.42. The van der Waals surface area contributed by atoms with Gasteiger partial charge in [0.05, 0.1) is 11.1 Å². The highest BCUT2D eigenvalue weighted by Gasteiger charge is 2.39. The van der Waals surface area contributed by atoms with E-state index in [1.807, 2.05) is 24.3 Å². The third-order valence-electron chi connectivity index (χ3n) is 6.96. The topological polar surface area (TPSA) is 80.5 Å². The molecule has 7 nitrogen and oxygen atoms in total. The summed E-state index contributed by atoms with van der Waals surface area (Å²) in [6, 6.07) is 7.66. The summed E-state index contributed by atoms with van der Waals surface area (Å²) < 4.78 is 80.7. The number of para-hydroxylation sites is 1. The first-order valence-corrected chi connectivity index (χ1v) is 12.7. The van der Waals surface area contributed by atoms with Crippen molar-refractivity contribution >= 4 is 22.8 Å². The average Bonchev–Trinajstić information content (AvgIpc) is 3.32. The highest BCUT2D eigenvalue weighted by molar-refractivity contribution is 5.95. The van der Waals surface area contributed by atoms with Crippen molar-refractivity contribution in [2.24, 2.45) is 0 Å². The van der Waals surface area contributed by atoms with Gasteiger partial charge in [-0.1, -0.05) is 18.2 Å². The van der Waals surface area contributed by atoms with E-state index >= 15 is 0 Å². The van der Waals surface area contributed by atoms with Crippen LogP contribution in [-0.2, 0) is 18.8 Å². The predicted octanol–water partition coefficient (Wildman–Crippen LogP) is 4.89. The van der Waals surface area contributed by atoms with E-state index in [-0.39, 0.29) is 18.6 Å². The zero-order valence-corrected chi connectivity index (χ0v) is 21.6. The Morgan fingerprint density at radius 2 is 1.68 bits per heavy atom. The van der Waals surface area contributed by atoms with Crippen LogP contribution in [0.4, 0.5) is 31.1 Å². The normalized spacial score (nSPS) is 16.8. The molecule has 1 saturated heterocycles. The fraction of sp³-hybridized carbons (Fsp3) is 0.407. The van der Waals surface area contributed by atoms with Gasteiger partial charge in [0, 0.05) is 61.9 Å². The molecule has 1 unspecified atom stereocenters. The number of alkyl halides is 6. The monoisotopic (exact) mass is 569 g/mol. The van der Waals surface area contributed by atoms with Gasteiger partial charge in [0.15, 0.2) is 0 Å². The summed E-state index contributed by atoms with van der Waals surface area (Å²) in [5.74, 6) is -0.887. The van der Waals surface area contributed by atoms with Crippen molar-refractivity contribution in [1.29, 1.82) is 0 Å². The Hall–Kier alpha value is -3.74. The summed E-state index contributed by atoms with van der Waals surface area (Å²) in [5.41, 5.74) is -1.96. The first-order chi connectivity index (χ1) is 18.9. The lowest BCUT2D eigenvalue weighted by molar-refractivity contribution is -0.143. The summed E-state index contributed by atoms with van der Waals surface area (Å²) in [7, 11) is 1.50. The summed E-state index contributed by atoms with van der Waals surface area (Å²) in [5, 5.41) is 6.07. The summed E-state index contributed by atoms with van der Waals surface area (Å²) >= 11 is 0. The van der Waals surface area contributed by atoms with Crippen LogP contribution in [0.5, 0.6) is 0 Å². The molecule has 2 heterocycles. The van der Waals surface area contributed by atoms with Gasteiger partial charge in [-0.15, -0.1) is 0 Å². The molecule has 216 valence electrons. The van der Waals surface area contributed by atoms with Crippen LogP contribution >= 0.6 is 0 Å². The molecule has 1 aliphatic heterocycles. The van der Waals surface area contributed by atoms with Crippen molar-refractivity contribution in [2.45, 2.75) is 31.2 Å². The van der Waals surface area contributed by atoms with Gasteiger partial charge in [0.25, 0.3) is 5.91 Å². The molecule has 3 amide bonds. The maximum absolute atomic E-state index is 13.5. The summed E-state index contributed by atoms with van der Waals surface area (Å²) in [6.07, 6.45) is -7.36. The predicted molar refractivity (Wildman–Crippen MR) is 137 cm³/mol. The summed E-state index contributed by atoms with van der Waals surface area (Å²) in [6.45, 7) is 1.85. The van der Waals surface area contributed by atoms with Crippen molar-refractivity contribution in [3.8, 4) is 0 Å². The first-order valence-electron chi connectivity index (χ1n) is 12.7. The molecule has 2 aromatic carbocycles. The van der Waals surface area contributed by atoms with E-state index in [1.54, 1.807) is 6.20 Å². The van der Waals surface area contributed by atoms with E-state index in [2.05, 4.69) is 20.5 Å². The molecule has 13 heteroatoms. The number of H-pyrrole nitrogens is 1. The average molecular weight is 570 g/mol. The molecule has 1 aromatic heterocycles. The third kappa shape index (κ3) is 6.87. The van der Waals surface area contributed by atoms with Crippen molar-refractivity contribution in [3.05, 3.63) is 70.9 Å². The second-order valence-corrected chi connectivity index (χ2v) is 9.67. The zero-order valence-electron chi connectivity index (χ0n) is 21.6. The van der Waals surface area contributed by atoms with Gasteiger partial charge in [0.1, 0.15) is 0 Å². The molecule has 40 heavy (non-hydrogen) atoms. The smallest absolute Gasteiger partial charge is 0.361 e. The minimum atomic E-state index is -5.05.